The number of aromatic nitrogens is 1. The smallest absolute Gasteiger partial charge is 0.256 e. The first-order valence-electron chi connectivity index (χ1n) is 6.31. The second-order valence-corrected chi connectivity index (χ2v) is 6.09. The van der Waals surface area contributed by atoms with Crippen LogP contribution in [-0.2, 0) is 0 Å². The Labute approximate surface area is 118 Å². The molecule has 0 radical (unpaired) electrons. The number of hydrogen-bond acceptors (Lipinski definition) is 2. The molecule has 1 amide bonds. The normalized spacial score (nSPS) is 11.1. The van der Waals surface area contributed by atoms with Gasteiger partial charge in [-0.25, -0.2) is 4.98 Å². The van der Waals surface area contributed by atoms with Crippen LogP contribution in [0.15, 0.2) is 22.9 Å². The summed E-state index contributed by atoms with van der Waals surface area (Å²) in [5, 5.41) is 0. The molecule has 0 aromatic carbocycles. The summed E-state index contributed by atoms with van der Waals surface area (Å²) in [6, 6.07) is 3.61. The lowest BCUT2D eigenvalue weighted by molar-refractivity contribution is 0.0713. The molecule has 1 heterocycles. The molecule has 3 nitrogen and oxygen atoms in total. The van der Waals surface area contributed by atoms with E-state index < -0.39 is 0 Å². The molecule has 0 atom stereocenters. The van der Waals surface area contributed by atoms with Crippen molar-refractivity contribution in [3.63, 3.8) is 0 Å². The highest BCUT2D eigenvalue weighted by molar-refractivity contribution is 9.10. The molecule has 0 spiro atoms. The second-order valence-electron chi connectivity index (χ2n) is 5.34. The summed E-state index contributed by atoms with van der Waals surface area (Å²) >= 11 is 3.34. The van der Waals surface area contributed by atoms with E-state index in [4.69, 9.17) is 0 Å². The summed E-state index contributed by atoms with van der Waals surface area (Å²) in [6.45, 7) is 10.0. The molecule has 0 N–H and O–H groups in total. The van der Waals surface area contributed by atoms with Crippen molar-refractivity contribution in [2.24, 2.45) is 11.8 Å². The molecule has 0 aliphatic heterocycles. The first-order valence-corrected chi connectivity index (χ1v) is 7.11. The molecule has 1 aromatic heterocycles. The van der Waals surface area contributed by atoms with Crippen molar-refractivity contribution < 1.29 is 4.79 Å². The molecule has 0 saturated carbocycles. The van der Waals surface area contributed by atoms with Crippen LogP contribution < -0.4 is 0 Å². The minimum absolute atomic E-state index is 0.0531. The molecule has 100 valence electrons. The van der Waals surface area contributed by atoms with E-state index in [2.05, 4.69) is 48.6 Å². The first-order chi connectivity index (χ1) is 8.41. The summed E-state index contributed by atoms with van der Waals surface area (Å²) in [5.41, 5.74) is 0.638. The highest BCUT2D eigenvalue weighted by Gasteiger charge is 2.20. The van der Waals surface area contributed by atoms with Gasteiger partial charge in [0.15, 0.2) is 0 Å². The lowest BCUT2D eigenvalue weighted by Crippen LogP contribution is -2.37. The number of carbonyl (C=O) groups is 1. The largest absolute Gasteiger partial charge is 0.338 e. The molecular weight excluding hydrogens is 292 g/mol. The van der Waals surface area contributed by atoms with E-state index in [0.29, 0.717) is 22.0 Å². The van der Waals surface area contributed by atoms with Crippen molar-refractivity contribution in [3.8, 4) is 0 Å². The van der Waals surface area contributed by atoms with Crippen LogP contribution in [0.1, 0.15) is 38.1 Å². The SMILES string of the molecule is CC(C)CN(CC(C)C)C(=O)c1cccnc1Br. The van der Waals surface area contributed by atoms with E-state index >= 15 is 0 Å². The van der Waals surface area contributed by atoms with Crippen LogP contribution in [0.5, 0.6) is 0 Å². The Morgan fingerprint density at radius 3 is 2.28 bits per heavy atom. The fourth-order valence-corrected chi connectivity index (χ4v) is 2.26. The van der Waals surface area contributed by atoms with Crippen LogP contribution in [0, 0.1) is 11.8 Å². The predicted octanol–water partition coefficient (Wildman–Crippen LogP) is 3.60. The monoisotopic (exact) mass is 312 g/mol. The number of pyridine rings is 1. The highest BCUT2D eigenvalue weighted by Crippen LogP contribution is 2.17. The van der Waals surface area contributed by atoms with Gasteiger partial charge >= 0.3 is 0 Å². The third kappa shape index (κ3) is 4.41. The van der Waals surface area contributed by atoms with Gasteiger partial charge in [0.2, 0.25) is 0 Å². The number of nitrogens with zero attached hydrogens (tertiary/aromatic N) is 2. The van der Waals surface area contributed by atoms with Crippen LogP contribution in [-0.4, -0.2) is 28.9 Å². The number of halogens is 1. The highest BCUT2D eigenvalue weighted by atomic mass is 79.9. The minimum atomic E-state index is 0.0531. The van der Waals surface area contributed by atoms with E-state index in [1.54, 1.807) is 12.3 Å². The van der Waals surface area contributed by atoms with Crippen molar-refractivity contribution in [1.82, 2.24) is 9.88 Å². The summed E-state index contributed by atoms with van der Waals surface area (Å²) in [5.74, 6) is 0.976. The maximum Gasteiger partial charge on any atom is 0.256 e. The molecule has 0 bridgehead atoms. The summed E-state index contributed by atoms with van der Waals surface area (Å²) in [4.78, 5) is 18.5. The van der Waals surface area contributed by atoms with Crippen molar-refractivity contribution in [2.75, 3.05) is 13.1 Å². The predicted molar refractivity (Wildman–Crippen MR) is 77.5 cm³/mol. The number of amides is 1. The third-order valence-corrected chi connectivity index (χ3v) is 3.08. The average Bonchev–Trinajstić information content (AvgIpc) is 2.26. The Hall–Kier alpha value is -0.900. The molecule has 0 fully saturated rings. The Bertz CT molecular complexity index is 395. The summed E-state index contributed by atoms with van der Waals surface area (Å²) < 4.78 is 0.618. The van der Waals surface area contributed by atoms with Crippen LogP contribution in [0.25, 0.3) is 0 Å². The van der Waals surface area contributed by atoms with Gasteiger partial charge in [-0.2, -0.15) is 0 Å². The Kier molecular flexibility index (Phi) is 5.79. The Balaban J connectivity index is 2.91. The van der Waals surface area contributed by atoms with Gasteiger partial charge in [0, 0.05) is 19.3 Å². The van der Waals surface area contributed by atoms with E-state index in [-0.39, 0.29) is 5.91 Å². The van der Waals surface area contributed by atoms with Gasteiger partial charge in [-0.3, -0.25) is 4.79 Å². The van der Waals surface area contributed by atoms with Crippen LogP contribution in [0.3, 0.4) is 0 Å². The van der Waals surface area contributed by atoms with Gasteiger partial charge in [-0.05, 0) is 39.9 Å². The van der Waals surface area contributed by atoms with Gasteiger partial charge in [-0.15, -0.1) is 0 Å². The quantitative estimate of drug-likeness (QED) is 0.778. The average molecular weight is 313 g/mol. The van der Waals surface area contributed by atoms with E-state index in [0.717, 1.165) is 13.1 Å². The summed E-state index contributed by atoms with van der Waals surface area (Å²) in [6.07, 6.45) is 1.68. The zero-order chi connectivity index (χ0) is 13.7. The number of hydrogen-bond donors (Lipinski definition) is 0. The molecule has 0 unspecified atom stereocenters. The molecule has 1 aromatic rings. The summed E-state index contributed by atoms with van der Waals surface area (Å²) in [7, 11) is 0. The molecule has 0 saturated heterocycles. The molecule has 18 heavy (non-hydrogen) atoms. The van der Waals surface area contributed by atoms with E-state index in [1.165, 1.54) is 0 Å². The van der Waals surface area contributed by atoms with E-state index in [1.807, 2.05) is 11.0 Å². The maximum atomic E-state index is 12.5. The van der Waals surface area contributed by atoms with Gasteiger partial charge < -0.3 is 4.90 Å². The molecule has 1 rings (SSSR count). The van der Waals surface area contributed by atoms with Crippen LogP contribution in [0.2, 0.25) is 0 Å². The minimum Gasteiger partial charge on any atom is -0.338 e. The van der Waals surface area contributed by atoms with Crippen molar-refractivity contribution in [1.29, 1.82) is 0 Å². The Morgan fingerprint density at radius 1 is 1.28 bits per heavy atom. The van der Waals surface area contributed by atoms with Crippen molar-refractivity contribution in [3.05, 3.63) is 28.5 Å². The van der Waals surface area contributed by atoms with Gasteiger partial charge in [-0.1, -0.05) is 27.7 Å². The zero-order valence-corrected chi connectivity index (χ0v) is 13.1. The zero-order valence-electron chi connectivity index (χ0n) is 11.5. The molecule has 0 aliphatic rings. The second kappa shape index (κ2) is 6.88. The van der Waals surface area contributed by atoms with E-state index in [9.17, 15) is 4.79 Å². The number of rotatable bonds is 5. The topological polar surface area (TPSA) is 33.2 Å². The fourth-order valence-electron chi connectivity index (χ4n) is 1.84. The van der Waals surface area contributed by atoms with Crippen LogP contribution in [0.4, 0.5) is 0 Å². The van der Waals surface area contributed by atoms with Gasteiger partial charge in [0.05, 0.1) is 5.56 Å². The lowest BCUT2D eigenvalue weighted by Gasteiger charge is -2.26. The third-order valence-electron chi connectivity index (χ3n) is 2.45. The maximum absolute atomic E-state index is 12.5. The molecular formula is C14H21BrN2O. The first kappa shape index (κ1) is 15.2. The molecule has 0 aliphatic carbocycles. The van der Waals surface area contributed by atoms with Gasteiger partial charge in [0.1, 0.15) is 4.60 Å². The van der Waals surface area contributed by atoms with Crippen molar-refractivity contribution in [2.45, 2.75) is 27.7 Å². The van der Waals surface area contributed by atoms with Gasteiger partial charge in [0.25, 0.3) is 5.91 Å². The van der Waals surface area contributed by atoms with Crippen molar-refractivity contribution >= 4 is 21.8 Å². The Morgan fingerprint density at radius 2 is 1.83 bits per heavy atom. The number of carbonyl (C=O) groups excluding carboxylic acids is 1. The molecule has 4 heteroatoms. The van der Waals surface area contributed by atoms with Crippen LogP contribution >= 0.6 is 15.9 Å². The standard InChI is InChI=1S/C14H21BrN2O/c1-10(2)8-17(9-11(3)4)14(18)12-6-5-7-16-13(12)15/h5-7,10-11H,8-9H2,1-4H3. The lowest BCUT2D eigenvalue weighted by atomic mass is 10.1. The fraction of sp³-hybridized carbons (Fsp3) is 0.571.